The summed E-state index contributed by atoms with van der Waals surface area (Å²) < 4.78 is 2.05. The minimum atomic E-state index is -1.08. The molecule has 0 bridgehead atoms. The fraction of sp³-hybridized carbons (Fsp3) is 0.692. The van der Waals surface area contributed by atoms with Crippen LogP contribution in [0.5, 0.6) is 0 Å². The summed E-state index contributed by atoms with van der Waals surface area (Å²) >= 11 is 1.88. The van der Waals surface area contributed by atoms with E-state index < -0.39 is 11.6 Å². The van der Waals surface area contributed by atoms with Crippen LogP contribution in [0.25, 0.3) is 10.4 Å². The van der Waals surface area contributed by atoms with Gasteiger partial charge in [0.25, 0.3) is 0 Å². The number of aliphatic hydroxyl groups is 1. The molecule has 5 nitrogen and oxygen atoms in total. The molecule has 106 valence electrons. The molecule has 0 aromatic carbocycles. The number of aryl methyl sites for hydroxylation is 1. The highest BCUT2D eigenvalue weighted by Gasteiger charge is 2.29. The number of thioether (sulfide) groups is 1. The molecule has 0 aliphatic rings. The molecule has 1 N–H and O–H groups in total. The largest absolute Gasteiger partial charge is 0.390 e. The van der Waals surface area contributed by atoms with Crippen LogP contribution in [-0.4, -0.2) is 26.3 Å². The van der Waals surface area contributed by atoms with Gasteiger partial charge in [0.15, 0.2) is 0 Å². The van der Waals surface area contributed by atoms with Crippen LogP contribution in [-0.2, 0) is 6.54 Å². The fourth-order valence-electron chi connectivity index (χ4n) is 1.88. The van der Waals surface area contributed by atoms with Gasteiger partial charge in [0.1, 0.15) is 6.04 Å². The average Bonchev–Trinajstić information content (AvgIpc) is 2.72. The van der Waals surface area contributed by atoms with Gasteiger partial charge in [0.05, 0.1) is 5.60 Å². The Kier molecular flexibility index (Phi) is 5.79. The van der Waals surface area contributed by atoms with Crippen LogP contribution in [0.2, 0.25) is 0 Å². The molecule has 1 aromatic heterocycles. The summed E-state index contributed by atoms with van der Waals surface area (Å²) in [5.74, 6) is 0.994. The van der Waals surface area contributed by atoms with Crippen LogP contribution < -0.4 is 0 Å². The first kappa shape index (κ1) is 16.0. The molecule has 0 aliphatic heterocycles. The molecule has 19 heavy (non-hydrogen) atoms. The zero-order valence-electron chi connectivity index (χ0n) is 11.9. The predicted octanol–water partition coefficient (Wildman–Crippen LogP) is 3.75. The van der Waals surface area contributed by atoms with Gasteiger partial charge in [-0.2, -0.15) is 11.8 Å². The smallest absolute Gasteiger partial charge is 0.106 e. The van der Waals surface area contributed by atoms with Crippen molar-refractivity contribution in [3.05, 3.63) is 34.5 Å². The monoisotopic (exact) mass is 282 g/mol. The number of rotatable bonds is 7. The molecule has 0 amide bonds. The van der Waals surface area contributed by atoms with E-state index in [1.54, 1.807) is 13.8 Å². The predicted molar refractivity (Wildman–Crippen MR) is 80.2 cm³/mol. The topological polar surface area (TPSA) is 73.9 Å². The maximum Gasteiger partial charge on any atom is 0.106 e. The highest BCUT2D eigenvalue weighted by atomic mass is 32.2. The zero-order valence-corrected chi connectivity index (χ0v) is 12.8. The number of azide groups is 1. The van der Waals surface area contributed by atoms with Gasteiger partial charge in [-0.25, -0.2) is 0 Å². The van der Waals surface area contributed by atoms with Gasteiger partial charge < -0.3 is 9.67 Å². The third-order valence-electron chi connectivity index (χ3n) is 2.76. The normalized spacial score (nSPS) is 13.4. The van der Waals surface area contributed by atoms with Crippen molar-refractivity contribution in [3.63, 3.8) is 0 Å². The molecule has 0 saturated heterocycles. The van der Waals surface area contributed by atoms with E-state index in [-0.39, 0.29) is 0 Å². The van der Waals surface area contributed by atoms with Gasteiger partial charge in [0.2, 0.25) is 0 Å². The molecule has 0 fully saturated rings. The van der Waals surface area contributed by atoms with Gasteiger partial charge in [-0.05, 0) is 36.8 Å². The van der Waals surface area contributed by atoms with Crippen LogP contribution in [0.3, 0.4) is 0 Å². The lowest BCUT2D eigenvalue weighted by Crippen LogP contribution is -2.29. The molecule has 0 saturated carbocycles. The van der Waals surface area contributed by atoms with Gasteiger partial charge in [-0.1, -0.05) is 19.0 Å². The summed E-state index contributed by atoms with van der Waals surface area (Å²) in [6.07, 6.45) is 1.96. The Morgan fingerprint density at radius 2 is 2.21 bits per heavy atom. The van der Waals surface area contributed by atoms with Gasteiger partial charge in [-0.15, -0.1) is 0 Å². The Balaban J connectivity index is 2.87. The van der Waals surface area contributed by atoms with E-state index in [1.165, 1.54) is 0 Å². The summed E-state index contributed by atoms with van der Waals surface area (Å²) in [5, 5.41) is 14.5. The first-order valence-corrected chi connectivity index (χ1v) is 7.44. The van der Waals surface area contributed by atoms with Crippen LogP contribution in [0, 0.1) is 0 Å². The second-order valence-electron chi connectivity index (χ2n) is 5.31. The van der Waals surface area contributed by atoms with Crippen molar-refractivity contribution in [1.29, 1.82) is 0 Å². The lowest BCUT2D eigenvalue weighted by Gasteiger charge is -2.26. The lowest BCUT2D eigenvalue weighted by molar-refractivity contribution is 0.0493. The standard InChI is InChI=1S/C13H22N4OS/c1-10(2)19-9-8-17-7-5-6-11(17)12(15-16-14)13(3,4)18/h5-7,10,12,18H,8-9H2,1-4H3. The van der Waals surface area contributed by atoms with Gasteiger partial charge in [-0.3, -0.25) is 0 Å². The Bertz CT molecular complexity index is 444. The van der Waals surface area contributed by atoms with E-state index in [1.807, 2.05) is 34.7 Å². The van der Waals surface area contributed by atoms with Crippen molar-refractivity contribution in [2.75, 3.05) is 5.75 Å². The second-order valence-corrected chi connectivity index (χ2v) is 6.99. The van der Waals surface area contributed by atoms with E-state index in [9.17, 15) is 5.11 Å². The minimum Gasteiger partial charge on any atom is -0.390 e. The van der Waals surface area contributed by atoms with Crippen molar-refractivity contribution in [2.45, 2.75) is 51.1 Å². The molecular formula is C13H22N4OS. The number of nitrogens with zero attached hydrogens (tertiary/aromatic N) is 4. The highest BCUT2D eigenvalue weighted by molar-refractivity contribution is 7.99. The maximum atomic E-state index is 10.1. The Labute approximate surface area is 118 Å². The second kappa shape index (κ2) is 6.89. The molecule has 6 heteroatoms. The molecule has 0 radical (unpaired) electrons. The van der Waals surface area contributed by atoms with E-state index in [0.29, 0.717) is 5.25 Å². The van der Waals surface area contributed by atoms with Crippen molar-refractivity contribution in [2.24, 2.45) is 5.11 Å². The first-order chi connectivity index (χ1) is 8.86. The lowest BCUT2D eigenvalue weighted by atomic mass is 9.97. The Morgan fingerprint density at radius 3 is 2.74 bits per heavy atom. The van der Waals surface area contributed by atoms with E-state index in [4.69, 9.17) is 5.53 Å². The average molecular weight is 282 g/mol. The van der Waals surface area contributed by atoms with E-state index >= 15 is 0 Å². The summed E-state index contributed by atoms with van der Waals surface area (Å²) in [5.41, 5.74) is 8.45. The Morgan fingerprint density at radius 1 is 1.53 bits per heavy atom. The van der Waals surface area contributed by atoms with Crippen LogP contribution in [0.4, 0.5) is 0 Å². The quantitative estimate of drug-likeness (QED) is 0.470. The summed E-state index contributed by atoms with van der Waals surface area (Å²) in [6.45, 7) is 8.50. The van der Waals surface area contributed by atoms with Crippen LogP contribution in [0.15, 0.2) is 23.4 Å². The van der Waals surface area contributed by atoms with Crippen molar-refractivity contribution in [1.82, 2.24) is 4.57 Å². The summed E-state index contributed by atoms with van der Waals surface area (Å²) in [6, 6.07) is 3.25. The van der Waals surface area contributed by atoms with Crippen molar-refractivity contribution < 1.29 is 5.11 Å². The number of aromatic nitrogens is 1. The van der Waals surface area contributed by atoms with Gasteiger partial charge >= 0.3 is 0 Å². The summed E-state index contributed by atoms with van der Waals surface area (Å²) in [7, 11) is 0. The van der Waals surface area contributed by atoms with Crippen molar-refractivity contribution >= 4 is 11.8 Å². The maximum absolute atomic E-state index is 10.1. The van der Waals surface area contributed by atoms with E-state index in [0.717, 1.165) is 18.0 Å². The molecule has 0 aliphatic carbocycles. The first-order valence-electron chi connectivity index (χ1n) is 6.39. The van der Waals surface area contributed by atoms with Crippen molar-refractivity contribution in [3.8, 4) is 0 Å². The van der Waals surface area contributed by atoms with Crippen LogP contribution in [0.1, 0.15) is 39.4 Å². The Hall–Kier alpha value is -1.10. The molecular weight excluding hydrogens is 260 g/mol. The fourth-order valence-corrected chi connectivity index (χ4v) is 2.65. The SMILES string of the molecule is CC(C)SCCn1cccc1C(N=[N+]=[N-])C(C)(C)O. The van der Waals surface area contributed by atoms with E-state index in [2.05, 4.69) is 23.9 Å². The molecule has 1 atom stereocenters. The van der Waals surface area contributed by atoms with Crippen LogP contribution >= 0.6 is 11.8 Å². The molecule has 1 heterocycles. The third kappa shape index (κ3) is 4.82. The molecule has 1 rings (SSSR count). The zero-order chi connectivity index (χ0) is 14.5. The summed E-state index contributed by atoms with van der Waals surface area (Å²) in [4.78, 5) is 2.85. The third-order valence-corrected chi connectivity index (χ3v) is 3.85. The molecule has 0 spiro atoms. The minimum absolute atomic E-state index is 0.573. The number of hydrogen-bond acceptors (Lipinski definition) is 3. The molecule has 1 aromatic rings. The molecule has 1 unspecified atom stereocenters. The number of hydrogen-bond donors (Lipinski definition) is 1. The van der Waals surface area contributed by atoms with Gasteiger partial charge in [0, 0.05) is 29.1 Å². The highest BCUT2D eigenvalue weighted by Crippen LogP contribution is 2.30.